The van der Waals surface area contributed by atoms with Crippen molar-refractivity contribution in [3.63, 3.8) is 0 Å². The van der Waals surface area contributed by atoms with Crippen LogP contribution >= 0.6 is 0 Å². The zero-order valence-electron chi connectivity index (χ0n) is 11.6. The van der Waals surface area contributed by atoms with Crippen molar-refractivity contribution in [3.05, 3.63) is 35.4 Å². The van der Waals surface area contributed by atoms with Crippen molar-refractivity contribution in [1.29, 1.82) is 0 Å². The van der Waals surface area contributed by atoms with Gasteiger partial charge in [-0.05, 0) is 37.4 Å². The first-order chi connectivity index (χ1) is 9.65. The molecule has 0 fully saturated rings. The molecule has 0 atom stereocenters. The predicted octanol–water partition coefficient (Wildman–Crippen LogP) is 1.56. The second kappa shape index (κ2) is 9.09. The highest BCUT2D eigenvalue weighted by Gasteiger charge is 2.08. The first kappa shape index (κ1) is 16.2. The van der Waals surface area contributed by atoms with Gasteiger partial charge in [0.05, 0.1) is 5.56 Å². The van der Waals surface area contributed by atoms with Gasteiger partial charge in [0.25, 0.3) is 0 Å². The summed E-state index contributed by atoms with van der Waals surface area (Å²) in [6, 6.07) is 6.85. The van der Waals surface area contributed by atoms with Crippen molar-refractivity contribution in [2.45, 2.75) is 32.1 Å². The van der Waals surface area contributed by atoms with Crippen LogP contribution in [0.1, 0.15) is 41.6 Å². The number of nitrogens with two attached hydrogens (primary N) is 1. The molecule has 1 rings (SSSR count). The van der Waals surface area contributed by atoms with Crippen LogP contribution in [-0.4, -0.2) is 30.1 Å². The summed E-state index contributed by atoms with van der Waals surface area (Å²) in [4.78, 5) is 22.6. The number of carboxylic acid groups (broad SMARTS) is 1. The van der Waals surface area contributed by atoms with Gasteiger partial charge in [-0.3, -0.25) is 4.79 Å². The standard InChI is InChI=1S/C15H22N2O3/c16-10-5-1-2-8-14(18)17-11-9-12-6-3-4-7-13(12)15(19)20/h3-4,6-7H,1-2,5,8-11,16H2,(H,17,18)(H,19,20). The van der Waals surface area contributed by atoms with E-state index in [1.165, 1.54) is 0 Å². The van der Waals surface area contributed by atoms with Gasteiger partial charge in [-0.25, -0.2) is 4.79 Å². The molecule has 0 heterocycles. The Bertz CT molecular complexity index is 446. The van der Waals surface area contributed by atoms with Crippen LogP contribution in [0.25, 0.3) is 0 Å². The monoisotopic (exact) mass is 278 g/mol. The fraction of sp³-hybridized carbons (Fsp3) is 0.467. The van der Waals surface area contributed by atoms with Gasteiger partial charge in [0.15, 0.2) is 0 Å². The fourth-order valence-corrected chi connectivity index (χ4v) is 1.98. The molecule has 0 aliphatic carbocycles. The van der Waals surface area contributed by atoms with Gasteiger partial charge in [0.1, 0.15) is 0 Å². The normalized spacial score (nSPS) is 10.2. The number of hydrogen-bond donors (Lipinski definition) is 3. The van der Waals surface area contributed by atoms with E-state index in [2.05, 4.69) is 5.32 Å². The quantitative estimate of drug-likeness (QED) is 0.598. The molecule has 20 heavy (non-hydrogen) atoms. The third-order valence-electron chi connectivity index (χ3n) is 3.07. The van der Waals surface area contributed by atoms with Crippen LogP contribution in [0.5, 0.6) is 0 Å². The summed E-state index contributed by atoms with van der Waals surface area (Å²) in [6.07, 6.45) is 3.78. The molecule has 0 spiro atoms. The Morgan fingerprint density at radius 1 is 1.15 bits per heavy atom. The topological polar surface area (TPSA) is 92.4 Å². The molecule has 1 aromatic carbocycles. The Morgan fingerprint density at radius 3 is 2.60 bits per heavy atom. The average Bonchev–Trinajstić information content (AvgIpc) is 2.44. The lowest BCUT2D eigenvalue weighted by molar-refractivity contribution is -0.121. The lowest BCUT2D eigenvalue weighted by Crippen LogP contribution is -2.25. The van der Waals surface area contributed by atoms with E-state index in [0.717, 1.165) is 24.8 Å². The Kier molecular flexibility index (Phi) is 7.35. The van der Waals surface area contributed by atoms with E-state index < -0.39 is 5.97 Å². The number of aromatic carboxylic acids is 1. The highest BCUT2D eigenvalue weighted by atomic mass is 16.4. The smallest absolute Gasteiger partial charge is 0.335 e. The third kappa shape index (κ3) is 5.84. The molecule has 0 aromatic heterocycles. The number of carboxylic acids is 1. The van der Waals surface area contributed by atoms with E-state index in [9.17, 15) is 9.59 Å². The van der Waals surface area contributed by atoms with Gasteiger partial charge in [-0.2, -0.15) is 0 Å². The molecule has 1 aromatic rings. The largest absolute Gasteiger partial charge is 0.478 e. The summed E-state index contributed by atoms with van der Waals surface area (Å²) >= 11 is 0. The molecule has 4 N–H and O–H groups in total. The first-order valence-corrected chi connectivity index (χ1v) is 6.93. The Morgan fingerprint density at radius 2 is 1.90 bits per heavy atom. The maximum atomic E-state index is 11.6. The molecular formula is C15H22N2O3. The summed E-state index contributed by atoms with van der Waals surface area (Å²) in [5.74, 6) is -0.927. The molecule has 0 saturated heterocycles. The highest BCUT2D eigenvalue weighted by molar-refractivity contribution is 5.89. The maximum absolute atomic E-state index is 11.6. The molecule has 5 nitrogen and oxygen atoms in total. The minimum Gasteiger partial charge on any atom is -0.478 e. The van der Waals surface area contributed by atoms with Crippen LogP contribution in [-0.2, 0) is 11.2 Å². The number of nitrogens with one attached hydrogen (secondary N) is 1. The second-order valence-corrected chi connectivity index (χ2v) is 4.66. The SMILES string of the molecule is NCCCCCC(=O)NCCc1ccccc1C(=O)O. The summed E-state index contributed by atoms with van der Waals surface area (Å²) in [7, 11) is 0. The van der Waals surface area contributed by atoms with Crippen molar-refractivity contribution in [1.82, 2.24) is 5.32 Å². The Labute approximate surface area is 119 Å². The number of unbranched alkanes of at least 4 members (excludes halogenated alkanes) is 2. The number of hydrogen-bond acceptors (Lipinski definition) is 3. The van der Waals surface area contributed by atoms with Gasteiger partial charge in [0, 0.05) is 13.0 Å². The van der Waals surface area contributed by atoms with Crippen molar-refractivity contribution >= 4 is 11.9 Å². The van der Waals surface area contributed by atoms with E-state index in [1.54, 1.807) is 24.3 Å². The summed E-state index contributed by atoms with van der Waals surface area (Å²) in [6.45, 7) is 1.12. The summed E-state index contributed by atoms with van der Waals surface area (Å²) in [5, 5.41) is 11.9. The molecule has 0 aliphatic heterocycles. The van der Waals surface area contributed by atoms with Crippen LogP contribution in [0.15, 0.2) is 24.3 Å². The van der Waals surface area contributed by atoms with Crippen molar-refractivity contribution < 1.29 is 14.7 Å². The van der Waals surface area contributed by atoms with Crippen LogP contribution < -0.4 is 11.1 Å². The van der Waals surface area contributed by atoms with Crippen LogP contribution in [0, 0.1) is 0 Å². The molecule has 0 radical (unpaired) electrons. The zero-order chi connectivity index (χ0) is 14.8. The number of carbonyl (C=O) groups is 2. The molecule has 1 amide bonds. The van der Waals surface area contributed by atoms with Gasteiger partial charge in [-0.1, -0.05) is 24.6 Å². The first-order valence-electron chi connectivity index (χ1n) is 6.93. The highest BCUT2D eigenvalue weighted by Crippen LogP contribution is 2.09. The molecule has 110 valence electrons. The number of rotatable bonds is 9. The number of benzene rings is 1. The molecule has 0 bridgehead atoms. The molecule has 0 saturated carbocycles. The number of amides is 1. The lowest BCUT2D eigenvalue weighted by Gasteiger charge is -2.07. The summed E-state index contributed by atoms with van der Waals surface area (Å²) in [5.41, 5.74) is 6.42. The van der Waals surface area contributed by atoms with Crippen LogP contribution in [0.3, 0.4) is 0 Å². The minimum atomic E-state index is -0.936. The minimum absolute atomic E-state index is 0.00910. The van der Waals surface area contributed by atoms with Gasteiger partial charge < -0.3 is 16.2 Å². The van der Waals surface area contributed by atoms with E-state index in [-0.39, 0.29) is 5.91 Å². The van der Waals surface area contributed by atoms with Crippen LogP contribution in [0.2, 0.25) is 0 Å². The average molecular weight is 278 g/mol. The van der Waals surface area contributed by atoms with Gasteiger partial charge >= 0.3 is 5.97 Å². The van der Waals surface area contributed by atoms with E-state index in [0.29, 0.717) is 31.5 Å². The third-order valence-corrected chi connectivity index (χ3v) is 3.07. The van der Waals surface area contributed by atoms with E-state index in [1.807, 2.05) is 0 Å². The molecule has 5 heteroatoms. The second-order valence-electron chi connectivity index (χ2n) is 4.66. The molecule has 0 unspecified atom stereocenters. The Balaban J connectivity index is 2.30. The van der Waals surface area contributed by atoms with E-state index in [4.69, 9.17) is 10.8 Å². The zero-order valence-corrected chi connectivity index (χ0v) is 11.6. The van der Waals surface area contributed by atoms with E-state index >= 15 is 0 Å². The summed E-state index contributed by atoms with van der Waals surface area (Å²) < 4.78 is 0. The van der Waals surface area contributed by atoms with Crippen molar-refractivity contribution in [3.8, 4) is 0 Å². The molecule has 0 aliphatic rings. The fourth-order valence-electron chi connectivity index (χ4n) is 1.98. The van der Waals surface area contributed by atoms with Crippen molar-refractivity contribution in [2.75, 3.05) is 13.1 Å². The molecular weight excluding hydrogens is 256 g/mol. The lowest BCUT2D eigenvalue weighted by atomic mass is 10.0. The predicted molar refractivity (Wildman–Crippen MR) is 77.6 cm³/mol. The van der Waals surface area contributed by atoms with Crippen molar-refractivity contribution in [2.24, 2.45) is 5.73 Å². The van der Waals surface area contributed by atoms with Gasteiger partial charge in [0.2, 0.25) is 5.91 Å². The Hall–Kier alpha value is -1.88. The van der Waals surface area contributed by atoms with Gasteiger partial charge in [-0.15, -0.1) is 0 Å². The number of carbonyl (C=O) groups excluding carboxylic acids is 1. The maximum Gasteiger partial charge on any atom is 0.335 e. The van der Waals surface area contributed by atoms with Crippen LogP contribution in [0.4, 0.5) is 0 Å².